The maximum absolute atomic E-state index is 12.9. The molecule has 1 atom stereocenters. The number of carbonyl (C=O) groups is 1. The number of hydrogen-bond acceptors (Lipinski definition) is 3. The topological polar surface area (TPSA) is 55.1 Å². The van der Waals surface area contributed by atoms with Gasteiger partial charge in [-0.05, 0) is 12.0 Å². The summed E-state index contributed by atoms with van der Waals surface area (Å²) >= 11 is 0. The number of hydrogen-bond donors (Lipinski definition) is 1. The van der Waals surface area contributed by atoms with Gasteiger partial charge < -0.3 is 4.42 Å². The van der Waals surface area contributed by atoms with Crippen LogP contribution in [-0.4, -0.2) is 10.9 Å². The van der Waals surface area contributed by atoms with Gasteiger partial charge >= 0.3 is 6.01 Å². The fourth-order valence-corrected chi connectivity index (χ4v) is 3.40. The lowest BCUT2D eigenvalue weighted by atomic mass is 9.96. The molecule has 0 saturated heterocycles. The number of aromatic nitrogens is 1. The Kier molecular flexibility index (Phi) is 5.52. The van der Waals surface area contributed by atoms with Crippen molar-refractivity contribution in [3.05, 3.63) is 96.6 Å². The van der Waals surface area contributed by atoms with Crippen LogP contribution < -0.4 is 5.32 Å². The first-order valence-electron chi connectivity index (χ1n) is 9.73. The highest BCUT2D eigenvalue weighted by molar-refractivity contribution is 5.95. The molecule has 0 bridgehead atoms. The van der Waals surface area contributed by atoms with E-state index in [0.29, 0.717) is 17.9 Å². The SMILES string of the molecule is CCC(C(=O)Nc1nc(-c2ccccc2)c(-c2ccccc2)o1)c1ccccc1. The van der Waals surface area contributed by atoms with Crippen molar-refractivity contribution in [3.8, 4) is 22.6 Å². The lowest BCUT2D eigenvalue weighted by Crippen LogP contribution is -2.20. The lowest BCUT2D eigenvalue weighted by molar-refractivity contribution is -0.117. The van der Waals surface area contributed by atoms with Gasteiger partial charge in [0.1, 0.15) is 5.69 Å². The van der Waals surface area contributed by atoms with Gasteiger partial charge in [0.25, 0.3) is 0 Å². The van der Waals surface area contributed by atoms with Gasteiger partial charge in [0.15, 0.2) is 5.76 Å². The Bertz CT molecular complexity index is 1020. The van der Waals surface area contributed by atoms with E-state index >= 15 is 0 Å². The molecule has 4 nitrogen and oxygen atoms in total. The normalized spacial score (nSPS) is 11.8. The maximum atomic E-state index is 12.9. The number of rotatable bonds is 6. The first-order chi connectivity index (χ1) is 14.3. The quantitative estimate of drug-likeness (QED) is 0.436. The Labute approximate surface area is 170 Å². The van der Waals surface area contributed by atoms with Crippen molar-refractivity contribution in [2.24, 2.45) is 0 Å². The van der Waals surface area contributed by atoms with Crippen LogP contribution in [0.15, 0.2) is 95.4 Å². The second kappa shape index (κ2) is 8.57. The molecule has 0 spiro atoms. The van der Waals surface area contributed by atoms with Crippen molar-refractivity contribution < 1.29 is 9.21 Å². The molecule has 0 saturated carbocycles. The fourth-order valence-electron chi connectivity index (χ4n) is 3.40. The van der Waals surface area contributed by atoms with Gasteiger partial charge in [-0.3, -0.25) is 10.1 Å². The van der Waals surface area contributed by atoms with Gasteiger partial charge in [-0.2, -0.15) is 4.98 Å². The minimum absolute atomic E-state index is 0.126. The first-order valence-corrected chi connectivity index (χ1v) is 9.73. The van der Waals surface area contributed by atoms with E-state index in [1.165, 1.54) is 0 Å². The molecule has 0 aliphatic carbocycles. The molecule has 29 heavy (non-hydrogen) atoms. The monoisotopic (exact) mass is 382 g/mol. The fraction of sp³-hybridized carbons (Fsp3) is 0.120. The van der Waals surface area contributed by atoms with Crippen LogP contribution in [-0.2, 0) is 4.79 Å². The molecule has 1 unspecified atom stereocenters. The summed E-state index contributed by atoms with van der Waals surface area (Å²) in [7, 11) is 0. The van der Waals surface area contributed by atoms with Crippen LogP contribution in [0, 0.1) is 0 Å². The van der Waals surface area contributed by atoms with Gasteiger partial charge in [0.05, 0.1) is 5.92 Å². The smallest absolute Gasteiger partial charge is 0.302 e. The number of oxazole rings is 1. The molecule has 0 aliphatic rings. The highest BCUT2D eigenvalue weighted by Gasteiger charge is 2.22. The molecule has 144 valence electrons. The van der Waals surface area contributed by atoms with Gasteiger partial charge in [-0.25, -0.2) is 0 Å². The Morgan fingerprint density at radius 1 is 0.862 bits per heavy atom. The van der Waals surface area contributed by atoms with E-state index in [4.69, 9.17) is 4.42 Å². The zero-order valence-electron chi connectivity index (χ0n) is 16.2. The molecule has 1 N–H and O–H groups in total. The second-order valence-electron chi connectivity index (χ2n) is 6.79. The third kappa shape index (κ3) is 4.11. The van der Waals surface area contributed by atoms with Crippen LogP contribution in [0.2, 0.25) is 0 Å². The molecule has 4 aromatic rings. The van der Waals surface area contributed by atoms with Crippen LogP contribution in [0.1, 0.15) is 24.8 Å². The largest absolute Gasteiger partial charge is 0.423 e. The summed E-state index contributed by atoms with van der Waals surface area (Å²) in [5.74, 6) is 0.252. The summed E-state index contributed by atoms with van der Waals surface area (Å²) < 4.78 is 6.01. The van der Waals surface area contributed by atoms with Crippen molar-refractivity contribution in [2.45, 2.75) is 19.3 Å². The molecule has 0 fully saturated rings. The van der Waals surface area contributed by atoms with E-state index in [-0.39, 0.29) is 17.8 Å². The third-order valence-electron chi connectivity index (χ3n) is 4.87. The Morgan fingerprint density at radius 2 is 1.41 bits per heavy atom. The number of amides is 1. The summed E-state index contributed by atoms with van der Waals surface area (Å²) in [6, 6.07) is 29.6. The number of benzene rings is 3. The highest BCUT2D eigenvalue weighted by Crippen LogP contribution is 2.34. The van der Waals surface area contributed by atoms with Gasteiger partial charge in [0, 0.05) is 11.1 Å². The van der Waals surface area contributed by atoms with Crippen molar-refractivity contribution in [3.63, 3.8) is 0 Å². The number of nitrogens with one attached hydrogen (secondary N) is 1. The molecule has 3 aromatic carbocycles. The Hall–Kier alpha value is -3.66. The van der Waals surface area contributed by atoms with E-state index in [0.717, 1.165) is 16.7 Å². The van der Waals surface area contributed by atoms with Crippen molar-refractivity contribution in [2.75, 3.05) is 5.32 Å². The molecule has 1 aromatic heterocycles. The number of carbonyl (C=O) groups excluding carboxylic acids is 1. The van der Waals surface area contributed by atoms with Crippen LogP contribution in [0.5, 0.6) is 0 Å². The molecule has 4 rings (SSSR count). The zero-order chi connectivity index (χ0) is 20.1. The highest BCUT2D eigenvalue weighted by atomic mass is 16.4. The molecule has 4 heteroatoms. The van der Waals surface area contributed by atoms with Crippen LogP contribution in [0.4, 0.5) is 6.01 Å². The van der Waals surface area contributed by atoms with Crippen molar-refractivity contribution in [1.29, 1.82) is 0 Å². The average Bonchev–Trinajstić information content (AvgIpc) is 3.20. The standard InChI is InChI=1S/C25H22N2O2/c1-2-21(18-12-6-3-7-13-18)24(28)27-25-26-22(19-14-8-4-9-15-19)23(29-25)20-16-10-5-11-17-20/h3-17,21H,2H2,1H3,(H,26,27,28). The van der Waals surface area contributed by atoms with Crippen molar-refractivity contribution >= 4 is 11.9 Å². The Balaban J connectivity index is 1.68. The Morgan fingerprint density at radius 3 is 2.00 bits per heavy atom. The average molecular weight is 382 g/mol. The molecule has 1 heterocycles. The van der Waals surface area contributed by atoms with E-state index in [1.54, 1.807) is 0 Å². The van der Waals surface area contributed by atoms with Crippen LogP contribution in [0.25, 0.3) is 22.6 Å². The summed E-state index contributed by atoms with van der Waals surface area (Å²) in [4.78, 5) is 17.5. The predicted molar refractivity (Wildman–Crippen MR) is 115 cm³/mol. The van der Waals surface area contributed by atoms with Gasteiger partial charge in [0.2, 0.25) is 5.91 Å². The predicted octanol–water partition coefficient (Wildman–Crippen LogP) is 6.14. The maximum Gasteiger partial charge on any atom is 0.302 e. The minimum atomic E-state index is -0.261. The minimum Gasteiger partial charge on any atom is -0.423 e. The molecular formula is C25H22N2O2. The summed E-state index contributed by atoms with van der Waals surface area (Å²) in [5.41, 5.74) is 3.53. The van der Waals surface area contributed by atoms with Crippen molar-refractivity contribution in [1.82, 2.24) is 4.98 Å². The molecular weight excluding hydrogens is 360 g/mol. The van der Waals surface area contributed by atoms with E-state index in [1.807, 2.05) is 97.9 Å². The summed E-state index contributed by atoms with van der Waals surface area (Å²) in [5, 5.41) is 2.88. The van der Waals surface area contributed by atoms with Crippen LogP contribution >= 0.6 is 0 Å². The zero-order valence-corrected chi connectivity index (χ0v) is 16.2. The lowest BCUT2D eigenvalue weighted by Gasteiger charge is -2.13. The molecule has 0 radical (unpaired) electrons. The second-order valence-corrected chi connectivity index (χ2v) is 6.79. The molecule has 0 aliphatic heterocycles. The van der Waals surface area contributed by atoms with E-state index in [9.17, 15) is 4.79 Å². The van der Waals surface area contributed by atoms with Crippen LogP contribution in [0.3, 0.4) is 0 Å². The number of anilines is 1. The van der Waals surface area contributed by atoms with E-state index in [2.05, 4.69) is 10.3 Å². The number of nitrogens with zero attached hydrogens (tertiary/aromatic N) is 1. The first kappa shape index (κ1) is 18.7. The molecule has 1 amide bonds. The van der Waals surface area contributed by atoms with E-state index < -0.39 is 0 Å². The van der Waals surface area contributed by atoms with Gasteiger partial charge in [-0.15, -0.1) is 0 Å². The van der Waals surface area contributed by atoms with Gasteiger partial charge in [-0.1, -0.05) is 97.9 Å². The summed E-state index contributed by atoms with van der Waals surface area (Å²) in [6.07, 6.45) is 0.688. The third-order valence-corrected chi connectivity index (χ3v) is 4.87. The summed E-state index contributed by atoms with van der Waals surface area (Å²) in [6.45, 7) is 2.00.